The number of nitrogens with one attached hydrogen (secondary N) is 1. The standard InChI is InChI=1S/C18H20N2O4/c1-2-18(17(23)24)8-5-9-20(11-18)16(22)14-10-19-15(21)13-7-4-3-6-12(13)14/h3-4,6-7,10H,2,5,8-9,11H2,1H3,(H,19,21)(H,23,24)/t18-/m0/s1. The van der Waals surface area contributed by atoms with E-state index in [-0.39, 0.29) is 18.0 Å². The Balaban J connectivity index is 1.99. The number of H-pyrrole nitrogens is 1. The highest BCUT2D eigenvalue weighted by atomic mass is 16.4. The van der Waals surface area contributed by atoms with Crippen LogP contribution >= 0.6 is 0 Å². The number of carboxylic acids is 1. The third-order valence-corrected chi connectivity index (χ3v) is 5.03. The number of pyridine rings is 1. The zero-order valence-corrected chi connectivity index (χ0v) is 13.5. The van der Waals surface area contributed by atoms with Gasteiger partial charge >= 0.3 is 5.97 Å². The quantitative estimate of drug-likeness (QED) is 0.904. The van der Waals surface area contributed by atoms with E-state index in [0.29, 0.717) is 42.1 Å². The van der Waals surface area contributed by atoms with Gasteiger partial charge in [0.1, 0.15) is 0 Å². The van der Waals surface area contributed by atoms with Gasteiger partial charge in [-0.15, -0.1) is 0 Å². The van der Waals surface area contributed by atoms with Crippen LogP contribution in [0.1, 0.15) is 36.5 Å². The van der Waals surface area contributed by atoms with Gasteiger partial charge in [-0.2, -0.15) is 0 Å². The number of piperidine rings is 1. The lowest BCUT2D eigenvalue weighted by Crippen LogP contribution is -2.49. The molecule has 1 fully saturated rings. The number of nitrogens with zero attached hydrogens (tertiary/aromatic N) is 1. The van der Waals surface area contributed by atoms with Crippen molar-refractivity contribution >= 4 is 22.6 Å². The summed E-state index contributed by atoms with van der Waals surface area (Å²) in [6.07, 6.45) is 3.15. The number of aliphatic carboxylic acids is 1. The molecule has 0 aliphatic carbocycles. The average molecular weight is 328 g/mol. The number of fused-ring (bicyclic) bond motifs is 1. The van der Waals surface area contributed by atoms with Crippen LogP contribution in [0.25, 0.3) is 10.8 Å². The summed E-state index contributed by atoms with van der Waals surface area (Å²) in [7, 11) is 0. The molecule has 1 aliphatic heterocycles. The lowest BCUT2D eigenvalue weighted by Gasteiger charge is -2.39. The molecule has 6 heteroatoms. The predicted octanol–water partition coefficient (Wildman–Crippen LogP) is 2.25. The van der Waals surface area contributed by atoms with Crippen molar-refractivity contribution in [2.75, 3.05) is 13.1 Å². The smallest absolute Gasteiger partial charge is 0.311 e. The van der Waals surface area contributed by atoms with E-state index in [2.05, 4.69) is 4.98 Å². The van der Waals surface area contributed by atoms with Crippen molar-refractivity contribution in [1.29, 1.82) is 0 Å². The third kappa shape index (κ3) is 2.58. The van der Waals surface area contributed by atoms with Gasteiger partial charge in [0.25, 0.3) is 11.5 Å². The average Bonchev–Trinajstić information content (AvgIpc) is 2.61. The molecule has 24 heavy (non-hydrogen) atoms. The van der Waals surface area contributed by atoms with Crippen molar-refractivity contribution in [3.8, 4) is 0 Å². The minimum absolute atomic E-state index is 0.200. The number of aromatic amines is 1. The topological polar surface area (TPSA) is 90.5 Å². The molecule has 1 aliphatic rings. The highest BCUT2D eigenvalue weighted by Gasteiger charge is 2.42. The number of carbonyl (C=O) groups is 2. The van der Waals surface area contributed by atoms with Gasteiger partial charge in [-0.3, -0.25) is 14.4 Å². The van der Waals surface area contributed by atoms with Crippen LogP contribution in [0.3, 0.4) is 0 Å². The van der Waals surface area contributed by atoms with Crippen LogP contribution in [0.5, 0.6) is 0 Å². The second-order valence-corrected chi connectivity index (χ2v) is 6.35. The van der Waals surface area contributed by atoms with Crippen molar-refractivity contribution in [3.05, 3.63) is 46.4 Å². The van der Waals surface area contributed by atoms with E-state index >= 15 is 0 Å². The van der Waals surface area contributed by atoms with Crippen LogP contribution in [-0.2, 0) is 4.79 Å². The highest BCUT2D eigenvalue weighted by Crippen LogP contribution is 2.34. The molecule has 126 valence electrons. The van der Waals surface area contributed by atoms with Crippen molar-refractivity contribution in [3.63, 3.8) is 0 Å². The highest BCUT2D eigenvalue weighted by molar-refractivity contribution is 6.06. The molecule has 6 nitrogen and oxygen atoms in total. The van der Waals surface area contributed by atoms with Gasteiger partial charge in [-0.05, 0) is 25.3 Å². The van der Waals surface area contributed by atoms with Crippen molar-refractivity contribution in [1.82, 2.24) is 9.88 Å². The third-order valence-electron chi connectivity index (χ3n) is 5.03. The van der Waals surface area contributed by atoms with Crippen molar-refractivity contribution < 1.29 is 14.7 Å². The molecule has 2 heterocycles. The predicted molar refractivity (Wildman–Crippen MR) is 90.1 cm³/mol. The van der Waals surface area contributed by atoms with E-state index in [9.17, 15) is 19.5 Å². The summed E-state index contributed by atoms with van der Waals surface area (Å²) in [5.74, 6) is -1.09. The Labute approximate surface area is 139 Å². The van der Waals surface area contributed by atoms with E-state index in [1.165, 1.54) is 6.20 Å². The summed E-state index contributed by atoms with van der Waals surface area (Å²) in [6.45, 7) is 2.57. The molecular weight excluding hydrogens is 308 g/mol. The van der Waals surface area contributed by atoms with E-state index < -0.39 is 11.4 Å². The normalized spacial score (nSPS) is 21.0. The minimum atomic E-state index is -0.883. The summed E-state index contributed by atoms with van der Waals surface area (Å²) in [5.41, 5.74) is -0.719. The Kier molecular flexibility index (Phi) is 4.13. The van der Waals surface area contributed by atoms with Gasteiger partial charge in [-0.1, -0.05) is 25.1 Å². The SMILES string of the molecule is CC[C@]1(C(=O)O)CCCN(C(=O)c2c[nH]c(=O)c3ccccc23)C1. The summed E-state index contributed by atoms with van der Waals surface area (Å²) in [6, 6.07) is 6.95. The summed E-state index contributed by atoms with van der Waals surface area (Å²) >= 11 is 0. The summed E-state index contributed by atoms with van der Waals surface area (Å²) < 4.78 is 0. The zero-order valence-electron chi connectivity index (χ0n) is 13.5. The number of hydrogen-bond donors (Lipinski definition) is 2. The van der Waals surface area contributed by atoms with Gasteiger partial charge in [0.2, 0.25) is 0 Å². The molecule has 1 amide bonds. The first kappa shape index (κ1) is 16.2. The number of likely N-dealkylation sites (tertiary alicyclic amines) is 1. The molecular formula is C18H20N2O4. The molecule has 0 radical (unpaired) electrons. The number of carbonyl (C=O) groups excluding carboxylic acids is 1. The van der Waals surface area contributed by atoms with E-state index in [4.69, 9.17) is 0 Å². The van der Waals surface area contributed by atoms with Gasteiger partial charge in [-0.25, -0.2) is 0 Å². The lowest BCUT2D eigenvalue weighted by molar-refractivity contribution is -0.152. The fraction of sp³-hybridized carbons (Fsp3) is 0.389. The van der Waals surface area contributed by atoms with Gasteiger partial charge in [0.05, 0.1) is 11.0 Å². The number of benzene rings is 1. The number of carboxylic acid groups (broad SMARTS) is 1. The zero-order chi connectivity index (χ0) is 17.3. The van der Waals surface area contributed by atoms with Crippen LogP contribution in [0.4, 0.5) is 0 Å². The van der Waals surface area contributed by atoms with Crippen LogP contribution < -0.4 is 5.56 Å². The lowest BCUT2D eigenvalue weighted by atomic mass is 9.77. The monoisotopic (exact) mass is 328 g/mol. The fourth-order valence-corrected chi connectivity index (χ4v) is 3.48. The molecule has 2 N–H and O–H groups in total. The Morgan fingerprint density at radius 1 is 1.29 bits per heavy atom. The Morgan fingerprint density at radius 3 is 2.67 bits per heavy atom. The van der Waals surface area contributed by atoms with Crippen LogP contribution in [0.2, 0.25) is 0 Å². The number of aromatic nitrogens is 1. The molecule has 0 unspecified atom stereocenters. The molecule has 3 rings (SSSR count). The van der Waals surface area contributed by atoms with Gasteiger partial charge < -0.3 is 15.0 Å². The minimum Gasteiger partial charge on any atom is -0.481 e. The maximum absolute atomic E-state index is 13.0. The first-order valence-electron chi connectivity index (χ1n) is 8.11. The van der Waals surface area contributed by atoms with Gasteiger partial charge in [0.15, 0.2) is 0 Å². The Hall–Kier alpha value is -2.63. The molecule has 2 aromatic rings. The maximum Gasteiger partial charge on any atom is 0.311 e. The van der Waals surface area contributed by atoms with E-state index in [1.807, 2.05) is 6.92 Å². The van der Waals surface area contributed by atoms with Crippen LogP contribution in [0, 0.1) is 5.41 Å². The summed E-state index contributed by atoms with van der Waals surface area (Å²) in [5, 5.41) is 10.6. The second kappa shape index (κ2) is 6.11. The van der Waals surface area contributed by atoms with Crippen LogP contribution in [-0.4, -0.2) is 40.0 Å². The Bertz CT molecular complexity index is 857. The molecule has 1 atom stereocenters. The number of hydrogen-bond acceptors (Lipinski definition) is 3. The molecule has 1 saturated heterocycles. The molecule has 1 aromatic heterocycles. The first-order valence-corrected chi connectivity index (χ1v) is 8.11. The van der Waals surface area contributed by atoms with Crippen molar-refractivity contribution in [2.45, 2.75) is 26.2 Å². The maximum atomic E-state index is 13.0. The largest absolute Gasteiger partial charge is 0.481 e. The molecule has 0 bridgehead atoms. The van der Waals surface area contributed by atoms with Crippen LogP contribution in [0.15, 0.2) is 35.3 Å². The molecule has 0 spiro atoms. The molecule has 1 aromatic carbocycles. The van der Waals surface area contributed by atoms with E-state index in [1.54, 1.807) is 29.2 Å². The molecule has 0 saturated carbocycles. The van der Waals surface area contributed by atoms with Gasteiger partial charge in [0, 0.05) is 30.1 Å². The fourth-order valence-electron chi connectivity index (χ4n) is 3.48. The Morgan fingerprint density at radius 2 is 2.00 bits per heavy atom. The van der Waals surface area contributed by atoms with Crippen molar-refractivity contribution in [2.24, 2.45) is 5.41 Å². The number of amides is 1. The van der Waals surface area contributed by atoms with E-state index in [0.717, 1.165) is 0 Å². The summed E-state index contributed by atoms with van der Waals surface area (Å²) in [4.78, 5) is 40.8. The first-order chi connectivity index (χ1) is 11.5. The number of rotatable bonds is 3. The second-order valence-electron chi connectivity index (χ2n) is 6.35.